The lowest BCUT2D eigenvalue weighted by Crippen LogP contribution is -2.48. The second kappa shape index (κ2) is 4.31. The topological polar surface area (TPSA) is 66.8 Å². The number of aliphatic carboxylic acids is 1. The zero-order valence-electron chi connectivity index (χ0n) is 9.39. The lowest BCUT2D eigenvalue weighted by Gasteiger charge is -2.32. The van der Waals surface area contributed by atoms with Crippen LogP contribution in [0.5, 0.6) is 0 Å². The summed E-state index contributed by atoms with van der Waals surface area (Å²) in [7, 11) is 0. The van der Waals surface area contributed by atoms with Gasteiger partial charge in [-0.2, -0.15) is 0 Å². The molecule has 1 saturated heterocycles. The molecule has 1 saturated carbocycles. The Morgan fingerprint density at radius 1 is 1.38 bits per heavy atom. The highest BCUT2D eigenvalue weighted by atomic mass is 16.6. The minimum absolute atomic E-state index is 0.0484. The van der Waals surface area contributed by atoms with Crippen molar-refractivity contribution in [2.24, 2.45) is 0 Å². The second-order valence-corrected chi connectivity index (χ2v) is 4.57. The maximum absolute atomic E-state index is 11.6. The lowest BCUT2D eigenvalue weighted by atomic mass is 9.93. The molecule has 2 unspecified atom stereocenters. The Bertz CT molecular complexity index is 298. The molecule has 2 rings (SSSR count). The summed E-state index contributed by atoms with van der Waals surface area (Å²) in [6, 6.07) is -0.761. The van der Waals surface area contributed by atoms with Crippen molar-refractivity contribution in [3.05, 3.63) is 0 Å². The van der Waals surface area contributed by atoms with E-state index in [4.69, 9.17) is 9.84 Å². The second-order valence-electron chi connectivity index (χ2n) is 4.57. The maximum atomic E-state index is 11.6. The first kappa shape index (κ1) is 11.2. The fourth-order valence-corrected chi connectivity index (χ4v) is 2.68. The Hall–Kier alpha value is -1.26. The van der Waals surface area contributed by atoms with Crippen molar-refractivity contribution in [2.75, 3.05) is 0 Å². The van der Waals surface area contributed by atoms with Gasteiger partial charge >= 0.3 is 12.1 Å². The van der Waals surface area contributed by atoms with Crippen molar-refractivity contribution in [2.45, 2.75) is 57.2 Å². The van der Waals surface area contributed by atoms with E-state index in [0.717, 1.165) is 25.7 Å². The van der Waals surface area contributed by atoms with E-state index in [2.05, 4.69) is 0 Å². The van der Waals surface area contributed by atoms with Crippen LogP contribution >= 0.6 is 0 Å². The highest BCUT2D eigenvalue weighted by Crippen LogP contribution is 2.30. The third-order valence-corrected chi connectivity index (χ3v) is 3.46. The Kier molecular flexibility index (Phi) is 3.03. The average Bonchev–Trinajstić information content (AvgIpc) is 2.55. The molecule has 0 bridgehead atoms. The predicted molar refractivity (Wildman–Crippen MR) is 56.1 cm³/mol. The highest BCUT2D eigenvalue weighted by Gasteiger charge is 2.47. The number of carboxylic acids is 1. The number of ether oxygens (including phenoxy) is 1. The molecule has 1 heterocycles. The molecule has 1 aliphatic carbocycles. The van der Waals surface area contributed by atoms with Crippen molar-refractivity contribution in [1.29, 1.82) is 0 Å². The SMILES string of the molecule is CC1OC(=O)N(C2CCCCC2)C1C(=O)O. The molecule has 5 heteroatoms. The van der Waals surface area contributed by atoms with Crippen LogP contribution in [0.2, 0.25) is 0 Å². The molecule has 0 aromatic rings. The summed E-state index contributed by atoms with van der Waals surface area (Å²) in [5, 5.41) is 9.13. The number of cyclic esters (lactones) is 1. The Balaban J connectivity index is 2.15. The van der Waals surface area contributed by atoms with E-state index in [1.807, 2.05) is 0 Å². The molecular formula is C11H17NO4. The monoisotopic (exact) mass is 227 g/mol. The molecule has 2 fully saturated rings. The summed E-state index contributed by atoms with van der Waals surface area (Å²) in [5.74, 6) is -0.969. The zero-order valence-corrected chi connectivity index (χ0v) is 9.39. The van der Waals surface area contributed by atoms with Crippen LogP contribution in [0, 0.1) is 0 Å². The first-order chi connectivity index (χ1) is 7.61. The molecule has 1 amide bonds. The minimum Gasteiger partial charge on any atom is -0.480 e. The smallest absolute Gasteiger partial charge is 0.411 e. The number of hydrogen-bond donors (Lipinski definition) is 1. The quantitative estimate of drug-likeness (QED) is 0.778. The molecule has 1 N–H and O–H groups in total. The van der Waals surface area contributed by atoms with Crippen molar-refractivity contribution >= 4 is 12.1 Å². The Labute approximate surface area is 94.4 Å². The van der Waals surface area contributed by atoms with E-state index in [1.165, 1.54) is 11.3 Å². The van der Waals surface area contributed by atoms with Gasteiger partial charge in [-0.15, -0.1) is 0 Å². The summed E-state index contributed by atoms with van der Waals surface area (Å²) >= 11 is 0. The standard InChI is InChI=1S/C11H17NO4/c1-7-9(10(13)14)12(11(15)16-7)8-5-3-2-4-6-8/h7-9H,2-6H2,1H3,(H,13,14). The summed E-state index contributed by atoms with van der Waals surface area (Å²) in [4.78, 5) is 24.2. The first-order valence-electron chi connectivity index (χ1n) is 5.83. The molecule has 0 radical (unpaired) electrons. The van der Waals surface area contributed by atoms with Gasteiger partial charge in [0.05, 0.1) is 0 Å². The van der Waals surface area contributed by atoms with Gasteiger partial charge in [-0.3, -0.25) is 4.90 Å². The average molecular weight is 227 g/mol. The lowest BCUT2D eigenvalue weighted by molar-refractivity contribution is -0.143. The summed E-state index contributed by atoms with van der Waals surface area (Å²) in [6.45, 7) is 1.64. The van der Waals surface area contributed by atoms with E-state index in [9.17, 15) is 9.59 Å². The maximum Gasteiger partial charge on any atom is 0.411 e. The van der Waals surface area contributed by atoms with Crippen LogP contribution in [0.15, 0.2) is 0 Å². The van der Waals surface area contributed by atoms with Crippen molar-refractivity contribution in [3.63, 3.8) is 0 Å². The predicted octanol–water partition coefficient (Wildman–Crippen LogP) is 1.61. The molecule has 0 aromatic heterocycles. The van der Waals surface area contributed by atoms with Crippen LogP contribution < -0.4 is 0 Å². The molecule has 16 heavy (non-hydrogen) atoms. The van der Waals surface area contributed by atoms with Crippen LogP contribution in [0.1, 0.15) is 39.0 Å². The molecule has 0 spiro atoms. The number of rotatable bonds is 2. The van der Waals surface area contributed by atoms with Gasteiger partial charge in [0.1, 0.15) is 6.10 Å². The van der Waals surface area contributed by atoms with E-state index in [1.54, 1.807) is 6.92 Å². The van der Waals surface area contributed by atoms with Crippen LogP contribution in [0.4, 0.5) is 4.79 Å². The Morgan fingerprint density at radius 2 is 2.00 bits per heavy atom. The number of amides is 1. The molecule has 90 valence electrons. The van der Waals surface area contributed by atoms with Gasteiger partial charge in [-0.25, -0.2) is 9.59 Å². The molecule has 2 aliphatic rings. The molecular weight excluding hydrogens is 210 g/mol. The molecule has 2 atom stereocenters. The van der Waals surface area contributed by atoms with Gasteiger partial charge < -0.3 is 9.84 Å². The number of carbonyl (C=O) groups is 2. The van der Waals surface area contributed by atoms with Gasteiger partial charge in [0.25, 0.3) is 0 Å². The van der Waals surface area contributed by atoms with Gasteiger partial charge in [-0.05, 0) is 19.8 Å². The third-order valence-electron chi connectivity index (χ3n) is 3.46. The highest BCUT2D eigenvalue weighted by molar-refractivity contribution is 5.84. The van der Waals surface area contributed by atoms with Crippen molar-refractivity contribution < 1.29 is 19.4 Å². The summed E-state index contributed by atoms with van der Waals surface area (Å²) in [5.41, 5.74) is 0. The first-order valence-corrected chi connectivity index (χ1v) is 5.83. The summed E-state index contributed by atoms with van der Waals surface area (Å²) in [6.07, 6.45) is 4.08. The minimum atomic E-state index is -0.969. The fourth-order valence-electron chi connectivity index (χ4n) is 2.68. The third kappa shape index (κ3) is 1.86. The summed E-state index contributed by atoms with van der Waals surface area (Å²) < 4.78 is 5.01. The fraction of sp³-hybridized carbons (Fsp3) is 0.818. The zero-order chi connectivity index (χ0) is 11.7. The number of hydrogen-bond acceptors (Lipinski definition) is 3. The van der Waals surface area contributed by atoms with Gasteiger partial charge in [0.15, 0.2) is 6.04 Å². The van der Waals surface area contributed by atoms with Crippen molar-refractivity contribution in [3.8, 4) is 0 Å². The van der Waals surface area contributed by atoms with Crippen LogP contribution in [-0.2, 0) is 9.53 Å². The Morgan fingerprint density at radius 3 is 2.56 bits per heavy atom. The molecule has 1 aliphatic heterocycles. The van der Waals surface area contributed by atoms with E-state index >= 15 is 0 Å². The van der Waals surface area contributed by atoms with E-state index in [0.29, 0.717) is 0 Å². The molecule has 0 aromatic carbocycles. The van der Waals surface area contributed by atoms with Crippen LogP contribution in [-0.4, -0.2) is 40.3 Å². The normalized spacial score (nSPS) is 31.6. The number of carbonyl (C=O) groups excluding carboxylic acids is 1. The van der Waals surface area contributed by atoms with Gasteiger partial charge in [-0.1, -0.05) is 19.3 Å². The van der Waals surface area contributed by atoms with Crippen molar-refractivity contribution in [1.82, 2.24) is 4.90 Å². The van der Waals surface area contributed by atoms with Gasteiger partial charge in [0, 0.05) is 6.04 Å². The van der Waals surface area contributed by atoms with Crippen LogP contribution in [0.3, 0.4) is 0 Å². The number of nitrogens with zero attached hydrogens (tertiary/aromatic N) is 1. The largest absolute Gasteiger partial charge is 0.480 e. The van der Waals surface area contributed by atoms with E-state index < -0.39 is 24.2 Å². The van der Waals surface area contributed by atoms with Gasteiger partial charge in [0.2, 0.25) is 0 Å². The van der Waals surface area contributed by atoms with E-state index in [-0.39, 0.29) is 6.04 Å². The molecule has 5 nitrogen and oxygen atoms in total. The van der Waals surface area contributed by atoms with Crippen LogP contribution in [0.25, 0.3) is 0 Å². The number of carboxylic acid groups (broad SMARTS) is 1.